The molecule has 1 aromatic rings. The van der Waals surface area contributed by atoms with Crippen LogP contribution in [0.1, 0.15) is 105 Å². The van der Waals surface area contributed by atoms with Crippen molar-refractivity contribution in [1.82, 2.24) is 0 Å². The van der Waals surface area contributed by atoms with Gasteiger partial charge in [-0.1, -0.05) is 58.9 Å². The monoisotopic (exact) mass is 618 g/mol. The molecule has 6 nitrogen and oxygen atoms in total. The van der Waals surface area contributed by atoms with Crippen LogP contribution >= 0.6 is 0 Å². The van der Waals surface area contributed by atoms with Gasteiger partial charge in [-0.05, 0) is 134 Å². The van der Waals surface area contributed by atoms with Gasteiger partial charge in [-0.2, -0.15) is 0 Å². The number of carboxylic acids is 1. The molecule has 0 aliphatic heterocycles. The van der Waals surface area contributed by atoms with Crippen molar-refractivity contribution in [2.75, 3.05) is 0 Å². The second kappa shape index (κ2) is 10.7. The first-order valence-corrected chi connectivity index (χ1v) is 17.3. The molecule has 5 fully saturated rings. The molecule has 6 heteroatoms. The maximum atomic E-state index is 13.7. The van der Waals surface area contributed by atoms with E-state index in [9.17, 15) is 24.9 Å². The van der Waals surface area contributed by atoms with E-state index in [1.54, 1.807) is 30.3 Å². The molecule has 5 aliphatic rings. The third-order valence-electron chi connectivity index (χ3n) is 15.1. The van der Waals surface area contributed by atoms with E-state index in [0.717, 1.165) is 49.7 Å². The van der Waals surface area contributed by atoms with Crippen LogP contribution in [0, 0.1) is 56.7 Å². The fraction of sp³-hybridized carbons (Fsp3) is 0.692. The number of carbonyl (C=O) groups excluding carboxylic acids is 1. The Labute approximate surface area is 269 Å². The van der Waals surface area contributed by atoms with Crippen molar-refractivity contribution in [3.8, 4) is 5.75 Å². The molecule has 0 amide bonds. The maximum absolute atomic E-state index is 13.7. The first-order chi connectivity index (χ1) is 21.0. The number of aliphatic hydroxyl groups excluding tert-OH is 1. The molecule has 45 heavy (non-hydrogen) atoms. The van der Waals surface area contributed by atoms with Crippen LogP contribution < -0.4 is 0 Å². The van der Waals surface area contributed by atoms with Crippen LogP contribution in [-0.2, 0) is 14.3 Å². The normalized spacial score (nSPS) is 45.1. The summed E-state index contributed by atoms with van der Waals surface area (Å²) in [5, 5.41) is 31.7. The fourth-order valence-corrected chi connectivity index (χ4v) is 12.5. The van der Waals surface area contributed by atoms with Gasteiger partial charge in [0.15, 0.2) is 0 Å². The van der Waals surface area contributed by atoms with Gasteiger partial charge < -0.3 is 20.1 Å². The van der Waals surface area contributed by atoms with Gasteiger partial charge in [0, 0.05) is 11.5 Å². The SMILES string of the molecule is C=C(C)[C@H]1CC[C@@]2(C(=O)O)CC[C@]3(C)[C@H](CC[C@H]4[C@@]5(C)CC[C@H](O)C(C)(C)[C@@H]5C[C@H](OC(=O)/C=C/c5ccc(O)cc5)[C@@]43C)[C@H]12. The predicted molar refractivity (Wildman–Crippen MR) is 175 cm³/mol. The van der Waals surface area contributed by atoms with Crippen molar-refractivity contribution < 1.29 is 29.6 Å². The number of hydrogen-bond acceptors (Lipinski definition) is 5. The summed E-state index contributed by atoms with van der Waals surface area (Å²) in [4.78, 5) is 26.7. The molecule has 11 atom stereocenters. The summed E-state index contributed by atoms with van der Waals surface area (Å²) in [6.45, 7) is 18.1. The van der Waals surface area contributed by atoms with Crippen LogP contribution in [-0.4, -0.2) is 39.5 Å². The van der Waals surface area contributed by atoms with Crippen LogP contribution in [0.2, 0.25) is 0 Å². The fourth-order valence-electron chi connectivity index (χ4n) is 12.5. The summed E-state index contributed by atoms with van der Waals surface area (Å²) in [6, 6.07) is 6.72. The van der Waals surface area contributed by atoms with Gasteiger partial charge in [0.05, 0.1) is 11.5 Å². The van der Waals surface area contributed by atoms with E-state index in [1.807, 2.05) is 0 Å². The lowest BCUT2D eigenvalue weighted by Crippen LogP contribution is -2.71. The van der Waals surface area contributed by atoms with E-state index < -0.39 is 17.5 Å². The van der Waals surface area contributed by atoms with Crippen molar-refractivity contribution in [2.45, 2.75) is 112 Å². The van der Waals surface area contributed by atoms with E-state index in [2.05, 4.69) is 48.1 Å². The number of hydrogen-bond donors (Lipinski definition) is 3. The highest BCUT2D eigenvalue weighted by atomic mass is 16.5. The number of rotatable bonds is 5. The Morgan fingerprint density at radius 2 is 1.62 bits per heavy atom. The molecular formula is C39H54O6. The molecule has 0 heterocycles. The lowest BCUT2D eigenvalue weighted by Gasteiger charge is -2.73. The minimum atomic E-state index is -0.714. The molecule has 5 saturated carbocycles. The van der Waals surface area contributed by atoms with Gasteiger partial charge in [0.25, 0.3) is 0 Å². The van der Waals surface area contributed by atoms with Gasteiger partial charge in [-0.25, -0.2) is 4.79 Å². The zero-order valence-corrected chi connectivity index (χ0v) is 28.1. The molecule has 246 valence electrons. The highest BCUT2D eigenvalue weighted by Crippen LogP contribution is 2.77. The summed E-state index contributed by atoms with van der Waals surface area (Å²) < 4.78 is 6.61. The van der Waals surface area contributed by atoms with Crippen LogP contribution in [0.3, 0.4) is 0 Å². The molecule has 3 N–H and O–H groups in total. The second-order valence-electron chi connectivity index (χ2n) is 16.9. The topological polar surface area (TPSA) is 104 Å². The Bertz CT molecular complexity index is 1390. The highest BCUT2D eigenvalue weighted by molar-refractivity contribution is 5.87. The van der Waals surface area contributed by atoms with Crippen molar-refractivity contribution in [3.63, 3.8) is 0 Å². The van der Waals surface area contributed by atoms with Crippen LogP contribution in [0.4, 0.5) is 0 Å². The summed E-state index contributed by atoms with van der Waals surface area (Å²) in [6.07, 6.45) is 9.86. The molecule has 1 aromatic carbocycles. The number of aromatic hydroxyl groups is 1. The van der Waals surface area contributed by atoms with E-state index in [-0.39, 0.29) is 69.1 Å². The molecule has 0 spiro atoms. The van der Waals surface area contributed by atoms with Gasteiger partial charge in [0.1, 0.15) is 11.9 Å². The Balaban J connectivity index is 1.43. The zero-order valence-electron chi connectivity index (χ0n) is 28.1. The number of aliphatic hydroxyl groups is 1. The Kier molecular flexibility index (Phi) is 7.70. The second-order valence-corrected chi connectivity index (χ2v) is 16.9. The lowest BCUT2D eigenvalue weighted by atomic mass is 9.31. The number of aliphatic carboxylic acids is 1. The average molecular weight is 619 g/mol. The van der Waals surface area contributed by atoms with Crippen LogP contribution in [0.15, 0.2) is 42.5 Å². The van der Waals surface area contributed by atoms with Crippen molar-refractivity contribution in [2.24, 2.45) is 56.7 Å². The third-order valence-corrected chi connectivity index (χ3v) is 15.1. The quantitative estimate of drug-likeness (QED) is 0.175. The van der Waals surface area contributed by atoms with E-state index >= 15 is 0 Å². The first kappa shape index (κ1) is 32.3. The third kappa shape index (κ3) is 4.51. The molecule has 0 aromatic heterocycles. The number of phenolic OH excluding ortho intramolecular Hbond substituents is 1. The molecule has 0 bridgehead atoms. The molecule has 6 rings (SSSR count). The van der Waals surface area contributed by atoms with Crippen LogP contribution in [0.5, 0.6) is 5.75 Å². The lowest BCUT2D eigenvalue weighted by molar-refractivity contribution is -0.285. The Morgan fingerprint density at radius 1 is 0.933 bits per heavy atom. The van der Waals surface area contributed by atoms with Gasteiger partial charge >= 0.3 is 11.9 Å². The summed E-state index contributed by atoms with van der Waals surface area (Å²) in [5.41, 5.74) is 0.248. The molecule has 0 radical (unpaired) electrons. The number of ether oxygens (including phenoxy) is 1. The zero-order chi connectivity index (χ0) is 32.7. The number of phenols is 1. The average Bonchev–Trinajstić information content (AvgIpc) is 3.38. The van der Waals surface area contributed by atoms with E-state index in [0.29, 0.717) is 19.3 Å². The number of esters is 1. The smallest absolute Gasteiger partial charge is 0.331 e. The maximum Gasteiger partial charge on any atom is 0.331 e. The molecule has 5 aliphatic carbocycles. The van der Waals surface area contributed by atoms with E-state index in [4.69, 9.17) is 4.74 Å². The van der Waals surface area contributed by atoms with Crippen LogP contribution in [0.25, 0.3) is 6.08 Å². The largest absolute Gasteiger partial charge is 0.508 e. The predicted octanol–water partition coefficient (Wildman–Crippen LogP) is 8.03. The Morgan fingerprint density at radius 3 is 2.27 bits per heavy atom. The minimum Gasteiger partial charge on any atom is -0.508 e. The van der Waals surface area contributed by atoms with Gasteiger partial charge in [-0.15, -0.1) is 0 Å². The number of carboxylic acid groups (broad SMARTS) is 1. The summed E-state index contributed by atoms with van der Waals surface area (Å²) in [5.74, 6) is 0.0240. The first-order valence-electron chi connectivity index (χ1n) is 17.3. The van der Waals surface area contributed by atoms with E-state index in [1.165, 1.54) is 6.08 Å². The van der Waals surface area contributed by atoms with Crippen molar-refractivity contribution in [3.05, 3.63) is 48.1 Å². The standard InChI is InChI=1S/C39H54O6/c1-23(2)26-16-19-39(34(43)44)21-20-37(6)27(33(26)39)13-14-28-36(5)18-17-30(41)35(3,4)29(36)22-31(38(28,37)7)45-32(42)15-10-24-8-11-25(40)12-9-24/h8-12,15,26-31,33,40-41H,1,13-14,16-22H2,2-7H3,(H,43,44)/b15-10+/t26-,27-,28+,29+,30+,31+,33+,36-,37-,38-,39-/m1/s1. The highest BCUT2D eigenvalue weighted by Gasteiger charge is 2.74. The Hall–Kier alpha value is -2.60. The molecule has 0 saturated heterocycles. The number of allylic oxidation sites excluding steroid dienone is 1. The minimum absolute atomic E-state index is 0.0268. The van der Waals surface area contributed by atoms with Crippen molar-refractivity contribution in [1.29, 1.82) is 0 Å². The van der Waals surface area contributed by atoms with Gasteiger partial charge in [-0.3, -0.25) is 4.79 Å². The summed E-state index contributed by atoms with van der Waals surface area (Å²) >= 11 is 0. The molecule has 0 unspecified atom stereocenters. The molecular weight excluding hydrogens is 564 g/mol. The van der Waals surface area contributed by atoms with Gasteiger partial charge in [0.2, 0.25) is 0 Å². The summed E-state index contributed by atoms with van der Waals surface area (Å²) in [7, 11) is 0. The number of carbonyl (C=O) groups is 2. The number of benzene rings is 1. The van der Waals surface area contributed by atoms with Crippen molar-refractivity contribution >= 4 is 18.0 Å². The number of fused-ring (bicyclic) bond motifs is 7.